The fourth-order valence-electron chi connectivity index (χ4n) is 7.38. The number of fused-ring (bicyclic) bond motifs is 1. The summed E-state index contributed by atoms with van der Waals surface area (Å²) in [7, 11) is 2.17. The first kappa shape index (κ1) is 31.8. The van der Waals surface area contributed by atoms with E-state index in [-0.39, 0.29) is 24.5 Å². The van der Waals surface area contributed by atoms with E-state index in [1.54, 1.807) is 11.3 Å². The van der Waals surface area contributed by atoms with Crippen LogP contribution in [0.3, 0.4) is 0 Å². The molecule has 4 aliphatic rings. The van der Waals surface area contributed by atoms with Crippen LogP contribution >= 0.6 is 43.2 Å². The minimum atomic E-state index is -1.02. The number of nitrogens with zero attached hydrogens (tertiary/aromatic N) is 5. The highest BCUT2D eigenvalue weighted by Crippen LogP contribution is 2.35. The summed E-state index contributed by atoms with van der Waals surface area (Å²) in [5.41, 5.74) is 2.89. The summed E-state index contributed by atoms with van der Waals surface area (Å²) in [6.45, 7) is 5.94. The monoisotopic (exact) mass is 750 g/mol. The van der Waals surface area contributed by atoms with Crippen LogP contribution in [-0.4, -0.2) is 119 Å². The Hall–Kier alpha value is -2.19. The third-order valence-corrected chi connectivity index (χ3v) is 12.6. The molecule has 0 bridgehead atoms. The number of carbonyl (C=O) groups is 3. The highest BCUT2D eigenvalue weighted by atomic mass is 79.9. The van der Waals surface area contributed by atoms with Gasteiger partial charge in [-0.25, -0.2) is 9.59 Å². The maximum atomic E-state index is 14.5. The third kappa shape index (κ3) is 6.81. The van der Waals surface area contributed by atoms with Crippen LogP contribution in [0.4, 0.5) is 15.3 Å². The molecule has 238 valence electrons. The number of likely N-dealkylation sites (tertiary alicyclic amines) is 2. The van der Waals surface area contributed by atoms with Gasteiger partial charge in [-0.2, -0.15) is 0 Å². The molecule has 0 spiro atoms. The molecule has 2 unspecified atom stereocenters. The lowest BCUT2D eigenvalue weighted by Crippen LogP contribution is -2.60. The van der Waals surface area contributed by atoms with Crippen molar-refractivity contribution in [1.82, 2.24) is 24.5 Å². The van der Waals surface area contributed by atoms with Gasteiger partial charge in [-0.05, 0) is 107 Å². The van der Waals surface area contributed by atoms with Crippen molar-refractivity contribution in [3.63, 3.8) is 0 Å². The Morgan fingerprint density at radius 1 is 1.00 bits per heavy atom. The van der Waals surface area contributed by atoms with E-state index in [0.29, 0.717) is 44.9 Å². The molecule has 0 saturated carbocycles. The Labute approximate surface area is 279 Å². The Morgan fingerprint density at radius 2 is 1.73 bits per heavy atom. The fourth-order valence-corrected chi connectivity index (χ4v) is 8.84. The van der Waals surface area contributed by atoms with Crippen LogP contribution in [0.25, 0.3) is 0 Å². The summed E-state index contributed by atoms with van der Waals surface area (Å²) >= 11 is 8.70. The Balaban J connectivity index is 1.24. The smallest absolute Gasteiger partial charge is 0.407 e. The Bertz CT molecular complexity index is 1380. The predicted octanol–water partition coefficient (Wildman–Crippen LogP) is 5.23. The van der Waals surface area contributed by atoms with Crippen LogP contribution in [-0.2, 0) is 17.8 Å². The van der Waals surface area contributed by atoms with Gasteiger partial charge < -0.3 is 30.0 Å². The molecule has 4 aliphatic heterocycles. The lowest BCUT2D eigenvalue weighted by Gasteiger charge is -2.47. The molecule has 3 fully saturated rings. The van der Waals surface area contributed by atoms with Crippen molar-refractivity contribution in [3.05, 3.63) is 49.0 Å². The molecule has 1 aromatic heterocycles. The predicted molar refractivity (Wildman–Crippen MR) is 178 cm³/mol. The van der Waals surface area contributed by atoms with E-state index in [0.717, 1.165) is 64.8 Å². The molecule has 2 aromatic rings. The molecule has 0 radical (unpaired) electrons. The molecule has 3 saturated heterocycles. The first-order valence-corrected chi connectivity index (χ1v) is 18.0. The van der Waals surface area contributed by atoms with Crippen LogP contribution in [0, 0.1) is 5.92 Å². The van der Waals surface area contributed by atoms with E-state index in [1.807, 2.05) is 33.4 Å². The number of thiophene rings is 1. The number of carbonyl (C=O) groups excluding carboxylic acids is 2. The summed E-state index contributed by atoms with van der Waals surface area (Å²) in [4.78, 5) is 50.4. The molecule has 44 heavy (non-hydrogen) atoms. The van der Waals surface area contributed by atoms with E-state index in [2.05, 4.69) is 59.4 Å². The quantitative estimate of drug-likeness (QED) is 0.420. The lowest BCUT2D eigenvalue weighted by atomic mass is 9.82. The first-order chi connectivity index (χ1) is 21.2. The molecule has 0 aliphatic carbocycles. The van der Waals surface area contributed by atoms with Crippen LogP contribution in [0.1, 0.15) is 36.8 Å². The molecule has 1 aromatic carbocycles. The van der Waals surface area contributed by atoms with Crippen molar-refractivity contribution in [2.24, 2.45) is 5.92 Å². The number of benzene rings is 1. The van der Waals surface area contributed by atoms with Crippen molar-refractivity contribution >= 4 is 66.9 Å². The SMILES string of the molecule is CN1CCC(N2CCN(C(=O)C(Cc3ccc(Br)c(Br)c3)[C@H]3CC(N4Cc5cscc5NC4=O)CCN3C(=O)O)CC2)CC1. The van der Waals surface area contributed by atoms with Gasteiger partial charge in [-0.3, -0.25) is 9.69 Å². The minimum Gasteiger partial charge on any atom is -0.465 e. The summed E-state index contributed by atoms with van der Waals surface area (Å²) in [5.74, 6) is -0.561. The zero-order valence-electron chi connectivity index (χ0n) is 25.0. The number of anilines is 1. The molecule has 4 amide bonds. The summed E-state index contributed by atoms with van der Waals surface area (Å²) in [6.07, 6.45) is 2.66. The van der Waals surface area contributed by atoms with Gasteiger partial charge in [0.25, 0.3) is 0 Å². The maximum absolute atomic E-state index is 14.5. The van der Waals surface area contributed by atoms with E-state index in [9.17, 15) is 19.5 Å². The van der Waals surface area contributed by atoms with Crippen LogP contribution in [0.2, 0.25) is 0 Å². The molecule has 6 rings (SSSR count). The van der Waals surface area contributed by atoms with Gasteiger partial charge in [0.15, 0.2) is 0 Å². The van der Waals surface area contributed by atoms with Crippen molar-refractivity contribution < 1.29 is 19.5 Å². The molecule has 2 N–H and O–H groups in total. The van der Waals surface area contributed by atoms with Gasteiger partial charge in [0, 0.05) is 70.7 Å². The second-order valence-corrected chi connectivity index (χ2v) is 15.0. The Kier molecular flexibility index (Phi) is 9.87. The van der Waals surface area contributed by atoms with E-state index < -0.39 is 18.1 Å². The molecular formula is C31H40Br2N6O4S. The highest BCUT2D eigenvalue weighted by Gasteiger charge is 2.44. The number of hydrogen-bond acceptors (Lipinski definition) is 6. The molecule has 13 heteroatoms. The first-order valence-electron chi connectivity index (χ1n) is 15.5. The highest BCUT2D eigenvalue weighted by molar-refractivity contribution is 9.13. The van der Waals surface area contributed by atoms with E-state index in [1.165, 1.54) is 4.90 Å². The van der Waals surface area contributed by atoms with E-state index in [4.69, 9.17) is 0 Å². The maximum Gasteiger partial charge on any atom is 0.407 e. The average molecular weight is 753 g/mol. The van der Waals surface area contributed by atoms with E-state index >= 15 is 0 Å². The average Bonchev–Trinajstić information content (AvgIpc) is 3.48. The number of halogens is 2. The van der Waals surface area contributed by atoms with Crippen molar-refractivity contribution in [2.75, 3.05) is 58.2 Å². The second-order valence-electron chi connectivity index (χ2n) is 12.5. The number of rotatable bonds is 6. The zero-order valence-corrected chi connectivity index (χ0v) is 28.9. The van der Waals surface area contributed by atoms with Gasteiger partial charge in [0.1, 0.15) is 0 Å². The fraction of sp³-hybridized carbons (Fsp3) is 0.581. The Morgan fingerprint density at radius 3 is 2.43 bits per heavy atom. The van der Waals surface area contributed by atoms with Crippen molar-refractivity contribution in [1.29, 1.82) is 0 Å². The molecular weight excluding hydrogens is 712 g/mol. The number of piperidine rings is 2. The minimum absolute atomic E-state index is 0.00665. The van der Waals surface area contributed by atoms with Crippen LogP contribution in [0.5, 0.6) is 0 Å². The van der Waals surface area contributed by atoms with Gasteiger partial charge in [0.05, 0.1) is 18.2 Å². The van der Waals surface area contributed by atoms with Gasteiger partial charge >= 0.3 is 12.1 Å². The standard InChI is InChI=1S/C31H40Br2N6O4S/c1-35-7-4-22(5-8-35)36-10-12-37(13-11-36)29(40)24(14-20-2-3-25(32)26(33)15-20)28-16-23(6-9-38(28)31(42)43)39-17-21-18-44-19-27(21)34-30(39)41/h2-3,15,18-19,22-24,28H,4-14,16-17H2,1H3,(H,34,41)(H,42,43)/t23?,24?,28-/m1/s1. The number of amides is 4. The summed E-state index contributed by atoms with van der Waals surface area (Å²) < 4.78 is 1.81. The zero-order chi connectivity index (χ0) is 31.0. The lowest BCUT2D eigenvalue weighted by molar-refractivity contribution is -0.140. The topological polar surface area (TPSA) is 99.7 Å². The van der Waals surface area contributed by atoms with Crippen molar-refractivity contribution in [3.8, 4) is 0 Å². The normalized spacial score (nSPS) is 24.6. The largest absolute Gasteiger partial charge is 0.465 e. The van der Waals surface area contributed by atoms with Crippen molar-refractivity contribution in [2.45, 2.75) is 56.8 Å². The number of hydrogen-bond donors (Lipinski definition) is 2. The molecule has 5 heterocycles. The van der Waals surface area contributed by atoms with Gasteiger partial charge in [-0.15, -0.1) is 11.3 Å². The number of urea groups is 1. The van der Waals surface area contributed by atoms with Crippen LogP contribution < -0.4 is 5.32 Å². The summed E-state index contributed by atoms with van der Waals surface area (Å²) in [5, 5.41) is 17.3. The third-order valence-electron chi connectivity index (χ3n) is 9.94. The number of carboxylic acid groups (broad SMARTS) is 1. The number of nitrogens with one attached hydrogen (secondary N) is 1. The second kappa shape index (κ2) is 13.7. The summed E-state index contributed by atoms with van der Waals surface area (Å²) in [6, 6.07) is 5.63. The molecule has 10 nitrogen and oxygen atoms in total. The van der Waals surface area contributed by atoms with Gasteiger partial charge in [0.2, 0.25) is 5.91 Å². The van der Waals surface area contributed by atoms with Crippen LogP contribution in [0.15, 0.2) is 37.9 Å². The number of piperazine rings is 1. The van der Waals surface area contributed by atoms with Gasteiger partial charge in [-0.1, -0.05) is 6.07 Å². The molecule has 3 atom stereocenters.